The molecule has 0 saturated carbocycles. The number of aliphatic hydroxyl groups excluding tert-OH is 1. The molecule has 180 valence electrons. The van der Waals surface area contributed by atoms with Crippen LogP contribution in [0.1, 0.15) is 42.4 Å². The largest absolute Gasteiger partial charge is 0.416 e. The number of aliphatic hydroxyl groups is 1. The van der Waals surface area contributed by atoms with Crippen molar-refractivity contribution >= 4 is 5.69 Å². The Morgan fingerprint density at radius 3 is 1.79 bits per heavy atom. The molecular formula is C27H35F3N2O. The van der Waals surface area contributed by atoms with E-state index in [1.807, 2.05) is 0 Å². The van der Waals surface area contributed by atoms with Gasteiger partial charge in [-0.1, -0.05) is 30.7 Å². The first kappa shape index (κ1) is 26.8. The van der Waals surface area contributed by atoms with Crippen molar-refractivity contribution in [1.82, 2.24) is 4.90 Å². The van der Waals surface area contributed by atoms with Gasteiger partial charge in [-0.05, 0) is 74.0 Å². The second-order valence-corrected chi connectivity index (χ2v) is 8.33. The van der Waals surface area contributed by atoms with E-state index in [9.17, 15) is 13.2 Å². The van der Waals surface area contributed by atoms with Gasteiger partial charge in [-0.2, -0.15) is 13.2 Å². The second-order valence-electron chi connectivity index (χ2n) is 8.33. The number of aryl methyl sites for hydroxylation is 2. The molecule has 3 nitrogen and oxygen atoms in total. The van der Waals surface area contributed by atoms with Crippen LogP contribution in [0.15, 0.2) is 48.5 Å². The van der Waals surface area contributed by atoms with Crippen molar-refractivity contribution in [2.45, 2.75) is 44.7 Å². The maximum Gasteiger partial charge on any atom is 0.416 e. The van der Waals surface area contributed by atoms with Crippen molar-refractivity contribution in [1.29, 1.82) is 0 Å². The summed E-state index contributed by atoms with van der Waals surface area (Å²) in [6, 6.07) is 14.4. The molecule has 1 aliphatic rings. The van der Waals surface area contributed by atoms with Crippen molar-refractivity contribution < 1.29 is 18.3 Å². The van der Waals surface area contributed by atoms with Gasteiger partial charge in [-0.15, -0.1) is 12.8 Å². The molecule has 0 bridgehead atoms. The number of alkyl halides is 3. The van der Waals surface area contributed by atoms with Crippen LogP contribution in [0.2, 0.25) is 0 Å². The molecule has 0 aromatic heterocycles. The summed E-state index contributed by atoms with van der Waals surface area (Å²) < 4.78 is 38.2. The lowest BCUT2D eigenvalue weighted by atomic mass is 10.0. The Hall–Kier alpha value is -2.49. The van der Waals surface area contributed by atoms with Crippen LogP contribution < -0.4 is 4.90 Å². The van der Waals surface area contributed by atoms with E-state index in [2.05, 4.69) is 46.9 Å². The van der Waals surface area contributed by atoms with Gasteiger partial charge in [0.1, 0.15) is 0 Å². The molecule has 1 aliphatic heterocycles. The molecule has 6 heteroatoms. The fourth-order valence-electron chi connectivity index (χ4n) is 4.09. The number of piperazine rings is 1. The zero-order valence-electron chi connectivity index (χ0n) is 19.2. The minimum absolute atomic E-state index is 0.281. The predicted molar refractivity (Wildman–Crippen MR) is 129 cm³/mol. The number of hydrogen-bond donors (Lipinski definition) is 1. The van der Waals surface area contributed by atoms with Gasteiger partial charge in [0, 0.05) is 38.5 Å². The van der Waals surface area contributed by atoms with Gasteiger partial charge in [0.15, 0.2) is 0 Å². The highest BCUT2D eigenvalue weighted by molar-refractivity contribution is 5.48. The van der Waals surface area contributed by atoms with Crippen LogP contribution in [-0.4, -0.2) is 49.3 Å². The van der Waals surface area contributed by atoms with E-state index in [4.69, 9.17) is 5.11 Å². The number of benzene rings is 2. The Morgan fingerprint density at radius 2 is 1.27 bits per heavy atom. The third-order valence-corrected chi connectivity index (χ3v) is 6.02. The van der Waals surface area contributed by atoms with Gasteiger partial charge in [0.25, 0.3) is 0 Å². The fourth-order valence-corrected chi connectivity index (χ4v) is 4.09. The van der Waals surface area contributed by atoms with Gasteiger partial charge in [0.2, 0.25) is 0 Å². The van der Waals surface area contributed by atoms with Crippen LogP contribution in [0.25, 0.3) is 0 Å². The molecule has 1 N–H and O–H groups in total. The van der Waals surface area contributed by atoms with Gasteiger partial charge in [0.05, 0.1) is 5.56 Å². The smallest absolute Gasteiger partial charge is 0.396 e. The van der Waals surface area contributed by atoms with E-state index >= 15 is 0 Å². The number of nitrogens with zero attached hydrogens (tertiary/aromatic N) is 2. The summed E-state index contributed by atoms with van der Waals surface area (Å²) in [7, 11) is 0. The van der Waals surface area contributed by atoms with Crippen molar-refractivity contribution in [2.24, 2.45) is 0 Å². The van der Waals surface area contributed by atoms with Crippen LogP contribution in [0.4, 0.5) is 18.9 Å². The first-order chi connectivity index (χ1) is 16.0. The Bertz CT molecular complexity index is 808. The maximum absolute atomic E-state index is 12.7. The first-order valence-corrected chi connectivity index (χ1v) is 11.6. The number of terminal acetylenes is 1. The summed E-state index contributed by atoms with van der Waals surface area (Å²) >= 11 is 0. The average molecular weight is 461 g/mol. The van der Waals surface area contributed by atoms with E-state index in [0.29, 0.717) is 0 Å². The highest BCUT2D eigenvalue weighted by atomic mass is 19.4. The SMILES string of the molecule is C#C.OCCCCCc1ccc(CCCN2CCN(c3ccc(C(F)(F)F)cc3)CC2)cc1. The highest BCUT2D eigenvalue weighted by Gasteiger charge is 2.30. The molecule has 1 saturated heterocycles. The lowest BCUT2D eigenvalue weighted by Gasteiger charge is -2.36. The topological polar surface area (TPSA) is 26.7 Å². The van der Waals surface area contributed by atoms with Crippen LogP contribution in [-0.2, 0) is 19.0 Å². The lowest BCUT2D eigenvalue weighted by molar-refractivity contribution is -0.137. The predicted octanol–water partition coefficient (Wildman–Crippen LogP) is 5.41. The Labute approximate surface area is 196 Å². The summed E-state index contributed by atoms with van der Waals surface area (Å²) in [5.74, 6) is 0. The molecule has 0 atom stereocenters. The number of anilines is 1. The molecule has 2 aromatic carbocycles. The third-order valence-electron chi connectivity index (χ3n) is 6.02. The van der Waals surface area contributed by atoms with Crippen molar-refractivity contribution in [2.75, 3.05) is 44.2 Å². The molecule has 2 aromatic rings. The number of hydrogen-bond acceptors (Lipinski definition) is 3. The average Bonchev–Trinajstić information content (AvgIpc) is 2.84. The summed E-state index contributed by atoms with van der Waals surface area (Å²) in [5, 5.41) is 8.84. The summed E-state index contributed by atoms with van der Waals surface area (Å²) in [5.41, 5.74) is 3.00. The first-order valence-electron chi connectivity index (χ1n) is 11.6. The lowest BCUT2D eigenvalue weighted by Crippen LogP contribution is -2.46. The monoisotopic (exact) mass is 460 g/mol. The van der Waals surface area contributed by atoms with Crippen LogP contribution in [0.3, 0.4) is 0 Å². The molecule has 1 heterocycles. The van der Waals surface area contributed by atoms with Crippen molar-refractivity contribution in [3.63, 3.8) is 0 Å². The van der Waals surface area contributed by atoms with Crippen LogP contribution in [0, 0.1) is 12.8 Å². The molecular weight excluding hydrogens is 425 g/mol. The minimum atomic E-state index is -4.28. The number of rotatable bonds is 10. The van der Waals surface area contributed by atoms with Gasteiger partial charge < -0.3 is 10.0 Å². The molecule has 0 radical (unpaired) electrons. The van der Waals surface area contributed by atoms with Crippen LogP contribution >= 0.6 is 0 Å². The number of halogens is 3. The third kappa shape index (κ3) is 9.11. The highest BCUT2D eigenvalue weighted by Crippen LogP contribution is 2.30. The zero-order chi connectivity index (χ0) is 24.1. The quantitative estimate of drug-likeness (QED) is 0.379. The van der Waals surface area contributed by atoms with E-state index in [0.717, 1.165) is 76.9 Å². The second kappa shape index (κ2) is 13.9. The Kier molecular flexibility index (Phi) is 11.3. The van der Waals surface area contributed by atoms with Gasteiger partial charge >= 0.3 is 6.18 Å². The molecule has 0 amide bonds. The van der Waals surface area contributed by atoms with E-state index in [1.54, 1.807) is 12.1 Å². The standard InChI is InChI=1S/C25H33F3N2O.C2H2/c26-25(27,28)23-11-13-24(14-12-23)30-18-16-29(17-19-30)15-4-6-22-9-7-21(8-10-22)5-2-1-3-20-31;1-2/h7-14,31H,1-6,15-20H2;1-2H. The normalized spacial score (nSPS) is 14.5. The zero-order valence-corrected chi connectivity index (χ0v) is 19.2. The van der Waals surface area contributed by atoms with Crippen LogP contribution in [0.5, 0.6) is 0 Å². The Morgan fingerprint density at radius 1 is 0.727 bits per heavy atom. The van der Waals surface area contributed by atoms with Crippen molar-refractivity contribution in [3.05, 3.63) is 65.2 Å². The van der Waals surface area contributed by atoms with Crippen molar-refractivity contribution in [3.8, 4) is 12.8 Å². The van der Waals surface area contributed by atoms with Gasteiger partial charge in [-0.3, -0.25) is 4.90 Å². The molecule has 3 rings (SSSR count). The summed E-state index contributed by atoms with van der Waals surface area (Å²) in [4.78, 5) is 4.60. The molecule has 0 spiro atoms. The molecule has 1 fully saturated rings. The Balaban J connectivity index is 0.00000187. The minimum Gasteiger partial charge on any atom is -0.396 e. The van der Waals surface area contributed by atoms with E-state index < -0.39 is 11.7 Å². The summed E-state index contributed by atoms with van der Waals surface area (Å²) in [6.07, 6.45) is 10.0. The fraction of sp³-hybridized carbons (Fsp3) is 0.481. The van der Waals surface area contributed by atoms with E-state index in [1.165, 1.54) is 23.3 Å². The number of unbranched alkanes of at least 4 members (excludes halogenated alkanes) is 2. The van der Waals surface area contributed by atoms with Gasteiger partial charge in [-0.25, -0.2) is 0 Å². The summed E-state index contributed by atoms with van der Waals surface area (Å²) in [6.45, 7) is 4.89. The maximum atomic E-state index is 12.7. The molecule has 0 aliphatic carbocycles. The molecule has 33 heavy (non-hydrogen) atoms. The molecule has 0 unspecified atom stereocenters. The van der Waals surface area contributed by atoms with E-state index in [-0.39, 0.29) is 6.61 Å².